The van der Waals surface area contributed by atoms with Gasteiger partial charge in [-0.3, -0.25) is 19.4 Å². The van der Waals surface area contributed by atoms with Gasteiger partial charge < -0.3 is 4.74 Å². The van der Waals surface area contributed by atoms with E-state index in [2.05, 4.69) is 0 Å². The summed E-state index contributed by atoms with van der Waals surface area (Å²) in [6.07, 6.45) is 1.68. The Morgan fingerprint density at radius 1 is 1.13 bits per heavy atom. The highest BCUT2D eigenvalue weighted by Crippen LogP contribution is 2.17. The quantitative estimate of drug-likeness (QED) is 0.573. The van der Waals surface area contributed by atoms with Gasteiger partial charge in [-0.25, -0.2) is 5.48 Å². The summed E-state index contributed by atoms with van der Waals surface area (Å²) in [5.41, 5.74) is 2.22. The van der Waals surface area contributed by atoms with E-state index in [0.29, 0.717) is 22.2 Å². The average Bonchev–Trinajstić information content (AvgIpc) is 2.61. The summed E-state index contributed by atoms with van der Waals surface area (Å²) in [7, 11) is 1.57. The number of methoxy groups -OCH3 is 1. The molecule has 1 amide bonds. The van der Waals surface area contributed by atoms with Crippen molar-refractivity contribution in [2.24, 2.45) is 0 Å². The number of carbonyl (C=O) groups excluding carboxylic acids is 1. The van der Waals surface area contributed by atoms with Gasteiger partial charge >= 0.3 is 0 Å². The van der Waals surface area contributed by atoms with Crippen molar-refractivity contribution >= 4 is 16.7 Å². The first-order valence-electron chi connectivity index (χ1n) is 6.88. The number of ether oxygens (including phenoxy) is 1. The van der Waals surface area contributed by atoms with E-state index in [1.54, 1.807) is 61.3 Å². The largest absolute Gasteiger partial charge is 0.497 e. The molecule has 1 heterocycles. The Labute approximate surface area is 131 Å². The smallest absolute Gasteiger partial charge is 0.274 e. The van der Waals surface area contributed by atoms with E-state index < -0.39 is 5.91 Å². The summed E-state index contributed by atoms with van der Waals surface area (Å²) in [5.74, 6) is 0.0376. The fraction of sp³-hybridized carbons (Fsp3) is 0.0588. The number of pyridine rings is 1. The van der Waals surface area contributed by atoms with Gasteiger partial charge in [0.15, 0.2) is 0 Å². The summed E-state index contributed by atoms with van der Waals surface area (Å²) in [4.78, 5) is 24.2. The third-order valence-corrected chi connectivity index (χ3v) is 3.62. The molecule has 0 aliphatic rings. The van der Waals surface area contributed by atoms with Crippen LogP contribution in [0.25, 0.3) is 16.5 Å². The van der Waals surface area contributed by atoms with Crippen LogP contribution in [-0.4, -0.2) is 22.8 Å². The van der Waals surface area contributed by atoms with Crippen LogP contribution in [0, 0.1) is 0 Å². The molecule has 0 radical (unpaired) electrons. The van der Waals surface area contributed by atoms with Crippen molar-refractivity contribution in [2.45, 2.75) is 0 Å². The molecule has 23 heavy (non-hydrogen) atoms. The maximum absolute atomic E-state index is 12.7. The Kier molecular flexibility index (Phi) is 3.82. The SMILES string of the molecule is COc1ccc(-n2ccc3ccc(C(=O)NO)cc3c2=O)cc1. The lowest BCUT2D eigenvalue weighted by atomic mass is 10.1. The first-order valence-corrected chi connectivity index (χ1v) is 6.88. The van der Waals surface area contributed by atoms with Crippen LogP contribution >= 0.6 is 0 Å². The van der Waals surface area contributed by atoms with E-state index in [0.717, 1.165) is 0 Å². The molecule has 0 spiro atoms. The van der Waals surface area contributed by atoms with Crippen molar-refractivity contribution in [3.8, 4) is 11.4 Å². The second kappa shape index (κ2) is 5.94. The van der Waals surface area contributed by atoms with E-state index in [1.165, 1.54) is 10.6 Å². The first-order chi connectivity index (χ1) is 11.1. The van der Waals surface area contributed by atoms with Gasteiger partial charge in [0.25, 0.3) is 11.5 Å². The predicted octanol–water partition coefficient (Wildman–Crippen LogP) is 2.12. The molecule has 1 aromatic heterocycles. The molecular formula is C17H14N2O4. The Morgan fingerprint density at radius 3 is 2.52 bits per heavy atom. The maximum Gasteiger partial charge on any atom is 0.274 e. The standard InChI is InChI=1S/C17H14N2O4/c1-23-14-6-4-13(5-7-14)19-9-8-11-2-3-12(16(20)18-22)10-15(11)17(19)21/h2-10,22H,1H3,(H,18,20). The Bertz CT molecular complexity index is 929. The van der Waals surface area contributed by atoms with Crippen molar-refractivity contribution in [2.75, 3.05) is 7.11 Å². The van der Waals surface area contributed by atoms with Crippen LogP contribution < -0.4 is 15.8 Å². The van der Waals surface area contributed by atoms with Gasteiger partial charge in [0.05, 0.1) is 7.11 Å². The molecule has 2 aromatic carbocycles. The zero-order chi connectivity index (χ0) is 16.4. The number of hydroxylamine groups is 1. The summed E-state index contributed by atoms with van der Waals surface area (Å²) in [6.45, 7) is 0. The maximum atomic E-state index is 12.7. The van der Waals surface area contributed by atoms with Gasteiger partial charge in [-0.05, 0) is 47.9 Å². The van der Waals surface area contributed by atoms with Crippen molar-refractivity contribution < 1.29 is 14.7 Å². The summed E-state index contributed by atoms with van der Waals surface area (Å²) >= 11 is 0. The number of hydrogen-bond donors (Lipinski definition) is 2. The van der Waals surface area contributed by atoms with Gasteiger partial charge in [0.1, 0.15) is 5.75 Å². The second-order valence-electron chi connectivity index (χ2n) is 4.93. The lowest BCUT2D eigenvalue weighted by molar-refractivity contribution is 0.0706. The van der Waals surface area contributed by atoms with E-state index in [4.69, 9.17) is 9.94 Å². The van der Waals surface area contributed by atoms with Crippen molar-refractivity contribution in [1.82, 2.24) is 10.0 Å². The number of hydrogen-bond acceptors (Lipinski definition) is 4. The first kappa shape index (κ1) is 14.8. The minimum Gasteiger partial charge on any atom is -0.497 e. The average molecular weight is 310 g/mol. The third-order valence-electron chi connectivity index (χ3n) is 3.62. The van der Waals surface area contributed by atoms with Crippen molar-refractivity contribution in [1.29, 1.82) is 0 Å². The van der Waals surface area contributed by atoms with Crippen molar-refractivity contribution in [3.63, 3.8) is 0 Å². The molecule has 0 saturated carbocycles. The molecule has 3 aromatic rings. The predicted molar refractivity (Wildman–Crippen MR) is 85.3 cm³/mol. The molecule has 6 nitrogen and oxygen atoms in total. The minimum absolute atomic E-state index is 0.213. The molecule has 0 bridgehead atoms. The summed E-state index contributed by atoms with van der Waals surface area (Å²) < 4.78 is 6.59. The van der Waals surface area contributed by atoms with Gasteiger partial charge in [0, 0.05) is 22.8 Å². The van der Waals surface area contributed by atoms with Gasteiger partial charge in [0.2, 0.25) is 0 Å². The number of amides is 1. The minimum atomic E-state index is -0.661. The number of nitrogens with zero attached hydrogens (tertiary/aromatic N) is 1. The number of benzene rings is 2. The molecular weight excluding hydrogens is 296 g/mol. The summed E-state index contributed by atoms with van der Waals surface area (Å²) in [6, 6.07) is 13.5. The summed E-state index contributed by atoms with van der Waals surface area (Å²) in [5, 5.41) is 9.83. The molecule has 2 N–H and O–H groups in total. The molecule has 0 aliphatic heterocycles. The number of rotatable bonds is 3. The van der Waals surface area contributed by atoms with E-state index in [9.17, 15) is 9.59 Å². The molecule has 3 rings (SSSR count). The van der Waals surface area contributed by atoms with E-state index in [-0.39, 0.29) is 11.1 Å². The Morgan fingerprint density at radius 2 is 1.87 bits per heavy atom. The van der Waals surface area contributed by atoms with E-state index in [1.807, 2.05) is 0 Å². The topological polar surface area (TPSA) is 80.6 Å². The molecule has 0 aliphatic carbocycles. The molecule has 0 saturated heterocycles. The Balaban J connectivity index is 2.16. The van der Waals surface area contributed by atoms with E-state index >= 15 is 0 Å². The fourth-order valence-electron chi connectivity index (χ4n) is 2.39. The monoisotopic (exact) mass is 310 g/mol. The number of fused-ring (bicyclic) bond motifs is 1. The van der Waals surface area contributed by atoms with Crippen LogP contribution in [0.15, 0.2) is 59.5 Å². The molecule has 6 heteroatoms. The zero-order valence-corrected chi connectivity index (χ0v) is 12.3. The highest BCUT2D eigenvalue weighted by Gasteiger charge is 2.09. The molecule has 0 unspecified atom stereocenters. The zero-order valence-electron chi connectivity index (χ0n) is 12.3. The van der Waals surface area contributed by atoms with Crippen LogP contribution in [0.3, 0.4) is 0 Å². The molecule has 0 atom stereocenters. The lowest BCUT2D eigenvalue weighted by Crippen LogP contribution is -2.20. The van der Waals surface area contributed by atoms with Crippen LogP contribution in [-0.2, 0) is 0 Å². The normalized spacial score (nSPS) is 10.5. The number of carbonyl (C=O) groups is 1. The second-order valence-corrected chi connectivity index (χ2v) is 4.93. The third kappa shape index (κ3) is 2.67. The lowest BCUT2D eigenvalue weighted by Gasteiger charge is -2.09. The highest BCUT2D eigenvalue weighted by molar-refractivity contribution is 5.97. The van der Waals surface area contributed by atoms with Crippen LogP contribution in [0.1, 0.15) is 10.4 Å². The number of aromatic nitrogens is 1. The van der Waals surface area contributed by atoms with Gasteiger partial charge in [-0.15, -0.1) is 0 Å². The highest BCUT2D eigenvalue weighted by atomic mass is 16.5. The van der Waals surface area contributed by atoms with Gasteiger partial charge in [-0.1, -0.05) is 6.07 Å². The van der Waals surface area contributed by atoms with Crippen molar-refractivity contribution in [3.05, 3.63) is 70.6 Å². The van der Waals surface area contributed by atoms with Crippen LogP contribution in [0.4, 0.5) is 0 Å². The van der Waals surface area contributed by atoms with Crippen LogP contribution in [0.2, 0.25) is 0 Å². The number of nitrogens with one attached hydrogen (secondary N) is 1. The van der Waals surface area contributed by atoms with Crippen LogP contribution in [0.5, 0.6) is 5.75 Å². The van der Waals surface area contributed by atoms with Gasteiger partial charge in [-0.2, -0.15) is 0 Å². The fourth-order valence-corrected chi connectivity index (χ4v) is 2.39. The Hall–Kier alpha value is -3.12. The molecule has 0 fully saturated rings. The molecule has 116 valence electrons.